The van der Waals surface area contributed by atoms with E-state index in [1.165, 1.54) is 23.8 Å². The van der Waals surface area contributed by atoms with E-state index in [0.29, 0.717) is 18.1 Å². The average molecular weight is 361 g/mol. The Labute approximate surface area is 150 Å². The number of furan rings is 1. The zero-order valence-electron chi connectivity index (χ0n) is 13.8. The van der Waals surface area contributed by atoms with Crippen LogP contribution in [0.25, 0.3) is 0 Å². The number of amides is 1. The van der Waals surface area contributed by atoms with Crippen LogP contribution in [0, 0.1) is 0 Å². The number of carbonyl (C=O) groups is 2. The molecule has 0 radical (unpaired) electrons. The van der Waals surface area contributed by atoms with Crippen LogP contribution in [0.4, 0.5) is 0 Å². The smallest absolute Gasteiger partial charge is 0.329 e. The van der Waals surface area contributed by atoms with E-state index in [-0.39, 0.29) is 17.9 Å². The van der Waals surface area contributed by atoms with Gasteiger partial charge in [0.15, 0.2) is 0 Å². The molecule has 0 saturated carbocycles. The van der Waals surface area contributed by atoms with Gasteiger partial charge in [-0.25, -0.2) is 4.79 Å². The maximum atomic E-state index is 12.7. The zero-order chi connectivity index (χ0) is 17.6. The van der Waals surface area contributed by atoms with Gasteiger partial charge in [0.2, 0.25) is 0 Å². The van der Waals surface area contributed by atoms with Crippen LogP contribution in [0.3, 0.4) is 0 Å². The highest BCUT2D eigenvalue weighted by Gasteiger charge is 2.44. The molecule has 0 aliphatic carbocycles. The Hall–Kier alpha value is -2.25. The number of hydrogen-bond acceptors (Lipinski definition) is 6. The Morgan fingerprint density at radius 1 is 1.24 bits per heavy atom. The first kappa shape index (κ1) is 17.6. The predicted molar refractivity (Wildman–Crippen MR) is 92.7 cm³/mol. The molecule has 2 unspecified atom stereocenters. The lowest BCUT2D eigenvalue weighted by Crippen LogP contribution is -2.45. The van der Waals surface area contributed by atoms with Crippen LogP contribution >= 0.6 is 11.8 Å². The lowest BCUT2D eigenvalue weighted by molar-refractivity contribution is -0.153. The van der Waals surface area contributed by atoms with E-state index in [1.54, 1.807) is 18.4 Å². The van der Waals surface area contributed by atoms with E-state index in [9.17, 15) is 9.59 Å². The third-order valence-electron chi connectivity index (χ3n) is 3.89. The van der Waals surface area contributed by atoms with E-state index in [2.05, 4.69) is 0 Å². The van der Waals surface area contributed by atoms with Crippen molar-refractivity contribution in [1.29, 1.82) is 0 Å². The average Bonchev–Trinajstić information content (AvgIpc) is 3.31. The summed E-state index contributed by atoms with van der Waals surface area (Å²) in [5.41, 5.74) is 0.984. The van der Waals surface area contributed by atoms with Crippen molar-refractivity contribution in [2.45, 2.75) is 18.0 Å². The first-order chi connectivity index (χ1) is 12.2. The monoisotopic (exact) mass is 361 g/mol. The van der Waals surface area contributed by atoms with Gasteiger partial charge in [-0.05, 0) is 17.7 Å². The molecule has 2 heterocycles. The molecule has 132 valence electrons. The Morgan fingerprint density at radius 3 is 2.72 bits per heavy atom. The number of ether oxygens (including phenoxy) is 2. The topological polar surface area (TPSA) is 69.0 Å². The number of methoxy groups -OCH3 is 1. The fourth-order valence-electron chi connectivity index (χ4n) is 2.68. The van der Waals surface area contributed by atoms with Gasteiger partial charge in [-0.1, -0.05) is 30.3 Å². The van der Waals surface area contributed by atoms with Gasteiger partial charge in [-0.2, -0.15) is 0 Å². The molecule has 1 aromatic heterocycles. The molecule has 0 N–H and O–H groups in total. The van der Waals surface area contributed by atoms with Crippen molar-refractivity contribution < 1.29 is 23.5 Å². The molecular weight excluding hydrogens is 342 g/mol. The van der Waals surface area contributed by atoms with Gasteiger partial charge in [-0.15, -0.1) is 11.8 Å². The van der Waals surface area contributed by atoms with Gasteiger partial charge in [0.05, 0.1) is 20.0 Å². The number of nitrogens with zero attached hydrogens (tertiary/aromatic N) is 1. The minimum atomic E-state index is -0.641. The molecule has 0 spiro atoms. The summed E-state index contributed by atoms with van der Waals surface area (Å²) in [7, 11) is 1.32. The predicted octanol–water partition coefficient (Wildman–Crippen LogP) is 2.61. The molecule has 2 atom stereocenters. The summed E-state index contributed by atoms with van der Waals surface area (Å²) >= 11 is 1.47. The number of benzene rings is 1. The van der Waals surface area contributed by atoms with Crippen molar-refractivity contribution in [2.75, 3.05) is 19.5 Å². The van der Waals surface area contributed by atoms with Crippen LogP contribution in [0.2, 0.25) is 0 Å². The number of esters is 1. The molecule has 3 rings (SSSR count). The van der Waals surface area contributed by atoms with E-state index in [0.717, 1.165) is 5.56 Å². The Bertz CT molecular complexity index is 704. The fraction of sp³-hybridized carbons (Fsp3) is 0.333. The van der Waals surface area contributed by atoms with Crippen molar-refractivity contribution in [3.05, 3.63) is 60.1 Å². The summed E-state index contributed by atoms with van der Waals surface area (Å²) in [6.07, 6.45) is 1.55. The summed E-state index contributed by atoms with van der Waals surface area (Å²) in [4.78, 5) is 26.2. The summed E-state index contributed by atoms with van der Waals surface area (Å²) in [6.45, 7) is 0.224. The van der Waals surface area contributed by atoms with Crippen LogP contribution < -0.4 is 0 Å². The van der Waals surface area contributed by atoms with Gasteiger partial charge in [0.25, 0.3) is 5.91 Å². The van der Waals surface area contributed by atoms with Crippen LogP contribution in [-0.4, -0.2) is 42.3 Å². The maximum Gasteiger partial charge on any atom is 0.329 e. The van der Waals surface area contributed by atoms with E-state index >= 15 is 0 Å². The van der Waals surface area contributed by atoms with Gasteiger partial charge in [-0.3, -0.25) is 4.79 Å². The molecule has 2 aromatic rings. The van der Waals surface area contributed by atoms with Gasteiger partial charge >= 0.3 is 5.97 Å². The van der Waals surface area contributed by atoms with Crippen molar-refractivity contribution >= 4 is 23.6 Å². The second-order valence-corrected chi connectivity index (χ2v) is 6.63. The van der Waals surface area contributed by atoms with Crippen LogP contribution in [0.15, 0.2) is 53.1 Å². The summed E-state index contributed by atoms with van der Waals surface area (Å²) in [5.74, 6) is 0.395. The third kappa shape index (κ3) is 4.05. The third-order valence-corrected chi connectivity index (χ3v) is 5.17. The maximum absolute atomic E-state index is 12.7. The number of thioether (sulfide) groups is 1. The first-order valence-corrected chi connectivity index (χ1v) is 8.91. The largest absolute Gasteiger partial charge is 0.467 e. The summed E-state index contributed by atoms with van der Waals surface area (Å²) in [6, 6.07) is 12.5. The number of carbonyl (C=O) groups excluding carboxylic acids is 2. The highest BCUT2D eigenvalue weighted by Crippen LogP contribution is 2.41. The lowest BCUT2D eigenvalue weighted by atomic mass is 10.2. The Morgan fingerprint density at radius 2 is 2.04 bits per heavy atom. The van der Waals surface area contributed by atoms with E-state index in [1.807, 2.05) is 30.3 Å². The van der Waals surface area contributed by atoms with Crippen molar-refractivity contribution in [1.82, 2.24) is 4.90 Å². The highest BCUT2D eigenvalue weighted by molar-refractivity contribution is 7.99. The zero-order valence-corrected chi connectivity index (χ0v) is 14.6. The van der Waals surface area contributed by atoms with Crippen molar-refractivity contribution in [3.63, 3.8) is 0 Å². The molecule has 1 aromatic carbocycles. The van der Waals surface area contributed by atoms with Crippen LogP contribution in [0.1, 0.15) is 16.7 Å². The molecule has 6 nitrogen and oxygen atoms in total. The molecule has 1 aliphatic heterocycles. The normalized spacial score (nSPS) is 19.8. The second kappa shape index (κ2) is 8.22. The Balaban J connectivity index is 1.67. The molecule has 25 heavy (non-hydrogen) atoms. The van der Waals surface area contributed by atoms with Crippen molar-refractivity contribution in [2.24, 2.45) is 0 Å². The quantitative estimate of drug-likeness (QED) is 0.737. The number of hydrogen-bond donors (Lipinski definition) is 0. The summed E-state index contributed by atoms with van der Waals surface area (Å²) < 4.78 is 15.8. The SMILES string of the molecule is COC(=O)C1CSC(c2ccco2)N1C(=O)COCc1ccccc1. The molecule has 1 amide bonds. The molecule has 1 saturated heterocycles. The number of rotatable bonds is 6. The molecule has 7 heteroatoms. The standard InChI is InChI=1S/C18H19NO5S/c1-22-18(21)14-12-25-17(15-8-5-9-24-15)19(14)16(20)11-23-10-13-6-3-2-4-7-13/h2-9,14,17H,10-12H2,1H3. The van der Waals surface area contributed by atoms with Crippen LogP contribution in [-0.2, 0) is 25.7 Å². The molecule has 0 bridgehead atoms. The minimum Gasteiger partial charge on any atom is -0.467 e. The van der Waals surface area contributed by atoms with E-state index < -0.39 is 12.0 Å². The Kier molecular flexibility index (Phi) is 5.78. The minimum absolute atomic E-state index is 0.111. The van der Waals surface area contributed by atoms with Gasteiger partial charge in [0.1, 0.15) is 23.8 Å². The lowest BCUT2D eigenvalue weighted by Gasteiger charge is -2.26. The summed E-state index contributed by atoms with van der Waals surface area (Å²) in [5, 5.41) is -0.355. The van der Waals surface area contributed by atoms with Crippen molar-refractivity contribution in [3.8, 4) is 0 Å². The highest BCUT2D eigenvalue weighted by atomic mass is 32.2. The first-order valence-electron chi connectivity index (χ1n) is 7.86. The molecule has 1 fully saturated rings. The fourth-order valence-corrected chi connectivity index (χ4v) is 4.07. The van der Waals surface area contributed by atoms with Gasteiger partial charge in [0, 0.05) is 5.75 Å². The molecule has 1 aliphatic rings. The van der Waals surface area contributed by atoms with E-state index in [4.69, 9.17) is 13.9 Å². The second-order valence-electron chi connectivity index (χ2n) is 5.52. The molecular formula is C18H19NO5S. The van der Waals surface area contributed by atoms with Gasteiger partial charge < -0.3 is 18.8 Å². The van der Waals surface area contributed by atoms with Crippen LogP contribution in [0.5, 0.6) is 0 Å².